The van der Waals surface area contributed by atoms with Gasteiger partial charge < -0.3 is 10.2 Å². The first-order chi connectivity index (χ1) is 15.2. The monoisotopic (exact) mass is 432 g/mol. The molecule has 1 aromatic carbocycles. The number of amides is 1. The minimum atomic E-state index is -0.250. The van der Waals surface area contributed by atoms with Gasteiger partial charge in [0.1, 0.15) is 5.82 Å². The van der Waals surface area contributed by atoms with Gasteiger partial charge in [0.2, 0.25) is 6.41 Å². The van der Waals surface area contributed by atoms with Crippen LogP contribution >= 0.6 is 11.3 Å². The zero-order valence-electron chi connectivity index (χ0n) is 16.7. The number of nitrogens with zero attached hydrogens (tertiary/aromatic N) is 3. The number of hydrogen-bond donors (Lipinski definition) is 1. The Morgan fingerprint density at radius 2 is 1.97 bits per heavy atom. The molecule has 1 N–H and O–H groups in total. The molecule has 3 aromatic heterocycles. The van der Waals surface area contributed by atoms with Crippen molar-refractivity contribution in [1.29, 1.82) is 0 Å². The SMILES string of the molecule is O=CN(Cc1cccnc1)c1ccc(-c2cccs2)nc1NCCc1cccc(F)c1. The Bertz CT molecular complexity index is 1140. The lowest BCUT2D eigenvalue weighted by Gasteiger charge is -2.21. The quantitative estimate of drug-likeness (QED) is 0.371. The fourth-order valence-electron chi connectivity index (χ4n) is 3.26. The Morgan fingerprint density at radius 3 is 2.71 bits per heavy atom. The van der Waals surface area contributed by atoms with Gasteiger partial charge in [0.05, 0.1) is 22.8 Å². The molecule has 4 aromatic rings. The van der Waals surface area contributed by atoms with Crippen molar-refractivity contribution < 1.29 is 9.18 Å². The molecule has 0 aliphatic heterocycles. The number of halogens is 1. The van der Waals surface area contributed by atoms with E-state index in [1.165, 1.54) is 12.1 Å². The van der Waals surface area contributed by atoms with Crippen LogP contribution in [0.2, 0.25) is 0 Å². The van der Waals surface area contributed by atoms with Crippen molar-refractivity contribution in [3.8, 4) is 10.6 Å². The van der Waals surface area contributed by atoms with Crippen molar-refractivity contribution in [2.75, 3.05) is 16.8 Å². The van der Waals surface area contributed by atoms with Crippen LogP contribution in [0.3, 0.4) is 0 Å². The molecule has 0 saturated heterocycles. The van der Waals surface area contributed by atoms with E-state index in [1.54, 1.807) is 34.7 Å². The largest absolute Gasteiger partial charge is 0.368 e. The Morgan fingerprint density at radius 1 is 1.06 bits per heavy atom. The molecular weight excluding hydrogens is 411 g/mol. The minimum Gasteiger partial charge on any atom is -0.368 e. The second-order valence-corrected chi connectivity index (χ2v) is 7.89. The summed E-state index contributed by atoms with van der Waals surface area (Å²) in [5.41, 5.74) is 3.33. The first-order valence-corrected chi connectivity index (χ1v) is 10.7. The third-order valence-electron chi connectivity index (χ3n) is 4.76. The molecule has 0 aliphatic rings. The van der Waals surface area contributed by atoms with Gasteiger partial charge in [-0.3, -0.25) is 9.78 Å². The third-order valence-corrected chi connectivity index (χ3v) is 5.65. The van der Waals surface area contributed by atoms with Gasteiger partial charge in [0.15, 0.2) is 5.82 Å². The van der Waals surface area contributed by atoms with E-state index in [-0.39, 0.29) is 5.82 Å². The Hall–Kier alpha value is -3.58. The zero-order valence-corrected chi connectivity index (χ0v) is 17.6. The molecule has 5 nitrogen and oxygen atoms in total. The summed E-state index contributed by atoms with van der Waals surface area (Å²) >= 11 is 1.61. The topological polar surface area (TPSA) is 58.1 Å². The lowest BCUT2D eigenvalue weighted by atomic mass is 10.1. The number of hydrogen-bond acceptors (Lipinski definition) is 5. The summed E-state index contributed by atoms with van der Waals surface area (Å²) < 4.78 is 13.5. The average molecular weight is 433 g/mol. The van der Waals surface area contributed by atoms with Gasteiger partial charge in [0.25, 0.3) is 0 Å². The maximum Gasteiger partial charge on any atom is 0.214 e. The highest BCUT2D eigenvalue weighted by Gasteiger charge is 2.15. The van der Waals surface area contributed by atoms with E-state index in [0.29, 0.717) is 31.0 Å². The van der Waals surface area contributed by atoms with E-state index < -0.39 is 0 Å². The fraction of sp³-hybridized carbons (Fsp3) is 0.125. The number of thiophene rings is 1. The number of pyridine rings is 2. The Labute approximate surface area is 184 Å². The van der Waals surface area contributed by atoms with E-state index in [4.69, 9.17) is 4.98 Å². The van der Waals surface area contributed by atoms with Crippen LogP contribution in [0.25, 0.3) is 10.6 Å². The summed E-state index contributed by atoms with van der Waals surface area (Å²) in [7, 11) is 0. The second-order valence-electron chi connectivity index (χ2n) is 6.94. The van der Waals surface area contributed by atoms with Gasteiger partial charge in [-0.05, 0) is 59.3 Å². The van der Waals surface area contributed by atoms with Crippen LogP contribution in [-0.2, 0) is 17.8 Å². The van der Waals surface area contributed by atoms with Crippen molar-refractivity contribution in [3.05, 3.63) is 95.4 Å². The summed E-state index contributed by atoms with van der Waals surface area (Å²) in [4.78, 5) is 23.5. The van der Waals surface area contributed by atoms with E-state index >= 15 is 0 Å². The Balaban J connectivity index is 1.59. The van der Waals surface area contributed by atoms with Crippen molar-refractivity contribution in [3.63, 3.8) is 0 Å². The van der Waals surface area contributed by atoms with Crippen molar-refractivity contribution in [2.45, 2.75) is 13.0 Å². The molecule has 0 aliphatic carbocycles. The first-order valence-electron chi connectivity index (χ1n) is 9.87. The first kappa shape index (κ1) is 20.7. The van der Waals surface area contributed by atoms with Gasteiger partial charge in [-0.25, -0.2) is 9.37 Å². The van der Waals surface area contributed by atoms with E-state index in [9.17, 15) is 9.18 Å². The van der Waals surface area contributed by atoms with Crippen LogP contribution < -0.4 is 10.2 Å². The summed E-state index contributed by atoms with van der Waals surface area (Å²) in [5.74, 6) is 0.359. The smallest absolute Gasteiger partial charge is 0.214 e. The number of nitrogens with one attached hydrogen (secondary N) is 1. The molecule has 0 bridgehead atoms. The summed E-state index contributed by atoms with van der Waals surface area (Å²) in [6.07, 6.45) is 4.87. The van der Waals surface area contributed by atoms with Crippen LogP contribution in [0, 0.1) is 5.82 Å². The van der Waals surface area contributed by atoms with E-state index in [2.05, 4.69) is 10.3 Å². The van der Waals surface area contributed by atoms with Crippen molar-refractivity contribution in [1.82, 2.24) is 9.97 Å². The predicted octanol–water partition coefficient (Wildman–Crippen LogP) is 5.16. The van der Waals surface area contributed by atoms with Crippen LogP contribution in [0.15, 0.2) is 78.4 Å². The number of aromatic nitrogens is 2. The van der Waals surface area contributed by atoms with Gasteiger partial charge in [-0.1, -0.05) is 24.3 Å². The molecule has 4 rings (SSSR count). The molecule has 0 fully saturated rings. The molecule has 7 heteroatoms. The Kier molecular flexibility index (Phi) is 6.64. The molecule has 0 radical (unpaired) electrons. The number of anilines is 2. The standard InChI is InChI=1S/C24H21FN4OS/c25-20-6-1-4-18(14-20)10-12-27-24-22(9-8-21(28-24)23-7-3-13-31-23)29(17-30)16-19-5-2-11-26-15-19/h1-9,11,13-15,17H,10,12,16H2,(H,27,28). The number of carbonyl (C=O) groups excluding carboxylic acids is 1. The minimum absolute atomic E-state index is 0.250. The van der Waals surface area contributed by atoms with Crippen molar-refractivity contribution in [2.24, 2.45) is 0 Å². The van der Waals surface area contributed by atoms with Gasteiger partial charge in [-0.2, -0.15) is 0 Å². The van der Waals surface area contributed by atoms with Crippen LogP contribution in [-0.4, -0.2) is 22.9 Å². The number of carbonyl (C=O) groups is 1. The highest BCUT2D eigenvalue weighted by atomic mass is 32.1. The summed E-state index contributed by atoms with van der Waals surface area (Å²) in [5, 5.41) is 5.34. The van der Waals surface area contributed by atoms with E-state index in [0.717, 1.165) is 28.1 Å². The maximum atomic E-state index is 13.5. The molecule has 31 heavy (non-hydrogen) atoms. The lowest BCUT2D eigenvalue weighted by Crippen LogP contribution is -2.22. The number of rotatable bonds is 9. The fourth-order valence-corrected chi connectivity index (χ4v) is 3.96. The van der Waals surface area contributed by atoms with Crippen LogP contribution in [0.1, 0.15) is 11.1 Å². The molecule has 0 atom stereocenters. The van der Waals surface area contributed by atoms with E-state index in [1.807, 2.05) is 47.8 Å². The molecule has 0 spiro atoms. The average Bonchev–Trinajstić information content (AvgIpc) is 3.33. The second kappa shape index (κ2) is 9.95. The molecular formula is C24H21FN4OS. The highest BCUT2D eigenvalue weighted by Crippen LogP contribution is 2.30. The molecule has 3 heterocycles. The normalized spacial score (nSPS) is 10.6. The molecule has 156 valence electrons. The van der Waals surface area contributed by atoms with Crippen molar-refractivity contribution >= 4 is 29.3 Å². The van der Waals surface area contributed by atoms with Gasteiger partial charge >= 0.3 is 0 Å². The maximum absolute atomic E-state index is 13.5. The summed E-state index contributed by atoms with van der Waals surface area (Å²) in [6.45, 7) is 0.937. The van der Waals surface area contributed by atoms with Gasteiger partial charge in [-0.15, -0.1) is 11.3 Å². The summed E-state index contributed by atoms with van der Waals surface area (Å²) in [6, 6.07) is 18.1. The molecule has 1 amide bonds. The third kappa shape index (κ3) is 5.32. The number of benzene rings is 1. The van der Waals surface area contributed by atoms with Gasteiger partial charge in [0, 0.05) is 18.9 Å². The zero-order chi connectivity index (χ0) is 21.5. The molecule has 0 unspecified atom stereocenters. The van der Waals surface area contributed by atoms with Crippen LogP contribution in [0.5, 0.6) is 0 Å². The predicted molar refractivity (Wildman–Crippen MR) is 123 cm³/mol. The highest BCUT2D eigenvalue weighted by molar-refractivity contribution is 7.13. The van der Waals surface area contributed by atoms with Crippen LogP contribution in [0.4, 0.5) is 15.9 Å². The lowest BCUT2D eigenvalue weighted by molar-refractivity contribution is -0.107. The molecule has 0 saturated carbocycles.